The quantitative estimate of drug-likeness (QED) is 0.565. The van der Waals surface area contributed by atoms with Gasteiger partial charge in [-0.05, 0) is 19.3 Å². The van der Waals surface area contributed by atoms with Gasteiger partial charge >= 0.3 is 0 Å². The molecule has 1 aliphatic heterocycles. The lowest BCUT2D eigenvalue weighted by Gasteiger charge is -2.13. The van der Waals surface area contributed by atoms with Gasteiger partial charge in [0.25, 0.3) is 0 Å². The number of ether oxygens (including phenoxy) is 1. The molecule has 0 spiro atoms. The molecule has 2 rings (SSSR count). The maximum Gasteiger partial charge on any atom is 0.0710 e. The first-order valence-corrected chi connectivity index (χ1v) is 4.17. The summed E-state index contributed by atoms with van der Waals surface area (Å²) in [7, 11) is 1.82. The minimum atomic E-state index is 0.528. The molecule has 58 valence electrons. The highest BCUT2D eigenvalue weighted by atomic mass is 16.5. The summed E-state index contributed by atoms with van der Waals surface area (Å²) >= 11 is 0. The van der Waals surface area contributed by atoms with Crippen molar-refractivity contribution in [2.75, 3.05) is 20.2 Å². The molecule has 2 nitrogen and oxygen atoms in total. The molecule has 0 radical (unpaired) electrons. The van der Waals surface area contributed by atoms with Gasteiger partial charge in [-0.3, -0.25) is 4.90 Å². The molecule has 0 aromatic carbocycles. The third-order valence-electron chi connectivity index (χ3n) is 2.57. The second-order valence-corrected chi connectivity index (χ2v) is 3.37. The zero-order chi connectivity index (χ0) is 6.97. The van der Waals surface area contributed by atoms with Gasteiger partial charge in [0.15, 0.2) is 0 Å². The average molecular weight is 141 g/mol. The molecule has 1 aliphatic carbocycles. The maximum absolute atomic E-state index is 5.28. The van der Waals surface area contributed by atoms with Crippen LogP contribution in [0.2, 0.25) is 0 Å². The predicted octanol–water partition coefficient (Wildman–Crippen LogP) is 0.869. The number of rotatable bonds is 2. The van der Waals surface area contributed by atoms with E-state index < -0.39 is 0 Å². The largest absolute Gasteiger partial charge is 0.380 e. The molecule has 1 saturated carbocycles. The SMILES string of the molecule is CO[C@H]1CCN(C2CC2)C1. The lowest BCUT2D eigenvalue weighted by atomic mass is 10.3. The van der Waals surface area contributed by atoms with Crippen molar-refractivity contribution >= 4 is 0 Å². The summed E-state index contributed by atoms with van der Waals surface area (Å²) in [5, 5.41) is 0. The van der Waals surface area contributed by atoms with E-state index in [1.54, 1.807) is 0 Å². The molecular weight excluding hydrogens is 126 g/mol. The van der Waals surface area contributed by atoms with Gasteiger partial charge in [0.1, 0.15) is 0 Å². The van der Waals surface area contributed by atoms with Gasteiger partial charge in [-0.15, -0.1) is 0 Å². The van der Waals surface area contributed by atoms with Crippen molar-refractivity contribution in [1.29, 1.82) is 0 Å². The van der Waals surface area contributed by atoms with Crippen LogP contribution < -0.4 is 0 Å². The molecule has 1 heterocycles. The minimum Gasteiger partial charge on any atom is -0.380 e. The van der Waals surface area contributed by atoms with E-state index in [4.69, 9.17) is 4.74 Å². The Balaban J connectivity index is 1.81. The fraction of sp³-hybridized carbons (Fsp3) is 1.00. The summed E-state index contributed by atoms with van der Waals surface area (Å²) in [6.45, 7) is 2.45. The second kappa shape index (κ2) is 2.51. The van der Waals surface area contributed by atoms with Crippen LogP contribution in [0.5, 0.6) is 0 Å². The first-order chi connectivity index (χ1) is 4.90. The second-order valence-electron chi connectivity index (χ2n) is 3.37. The Kier molecular flexibility index (Phi) is 1.66. The van der Waals surface area contributed by atoms with Crippen molar-refractivity contribution in [3.05, 3.63) is 0 Å². The Hall–Kier alpha value is -0.0800. The van der Waals surface area contributed by atoms with Crippen molar-refractivity contribution in [1.82, 2.24) is 4.90 Å². The van der Waals surface area contributed by atoms with Gasteiger partial charge in [0.05, 0.1) is 6.10 Å². The minimum absolute atomic E-state index is 0.528. The van der Waals surface area contributed by atoms with Gasteiger partial charge < -0.3 is 4.74 Å². The Morgan fingerprint density at radius 2 is 2.10 bits per heavy atom. The number of hydrogen-bond acceptors (Lipinski definition) is 2. The number of hydrogen-bond donors (Lipinski definition) is 0. The van der Waals surface area contributed by atoms with Crippen LogP contribution in [0.3, 0.4) is 0 Å². The molecule has 0 bridgehead atoms. The van der Waals surface area contributed by atoms with Crippen LogP contribution in [-0.2, 0) is 4.74 Å². The lowest BCUT2D eigenvalue weighted by molar-refractivity contribution is 0.107. The van der Waals surface area contributed by atoms with E-state index in [1.807, 2.05) is 7.11 Å². The molecule has 0 aromatic rings. The first kappa shape index (κ1) is 6.62. The monoisotopic (exact) mass is 141 g/mol. The summed E-state index contributed by atoms with van der Waals surface area (Å²) in [6.07, 6.45) is 4.63. The van der Waals surface area contributed by atoms with Crippen LogP contribution in [0, 0.1) is 0 Å². The summed E-state index contributed by atoms with van der Waals surface area (Å²) < 4.78 is 5.28. The molecule has 0 aromatic heterocycles. The molecule has 1 atom stereocenters. The van der Waals surface area contributed by atoms with Crippen LogP contribution in [0.15, 0.2) is 0 Å². The molecule has 0 N–H and O–H groups in total. The molecular formula is C8H15NO. The van der Waals surface area contributed by atoms with Crippen LogP contribution >= 0.6 is 0 Å². The normalized spacial score (nSPS) is 35.1. The zero-order valence-corrected chi connectivity index (χ0v) is 6.55. The molecule has 0 amide bonds. The van der Waals surface area contributed by atoms with Crippen molar-refractivity contribution in [2.24, 2.45) is 0 Å². The first-order valence-electron chi connectivity index (χ1n) is 4.17. The Labute approximate surface area is 62.2 Å². The third-order valence-corrected chi connectivity index (χ3v) is 2.57. The number of likely N-dealkylation sites (tertiary alicyclic amines) is 1. The summed E-state index contributed by atoms with van der Waals surface area (Å²) in [5.41, 5.74) is 0. The average Bonchev–Trinajstić information content (AvgIpc) is 2.70. The van der Waals surface area contributed by atoms with Crippen molar-refractivity contribution in [3.63, 3.8) is 0 Å². The molecule has 2 aliphatic rings. The van der Waals surface area contributed by atoms with E-state index in [1.165, 1.54) is 32.4 Å². The molecule has 0 unspecified atom stereocenters. The highest BCUT2D eigenvalue weighted by Crippen LogP contribution is 2.30. The molecule has 2 fully saturated rings. The topological polar surface area (TPSA) is 12.5 Å². The van der Waals surface area contributed by atoms with Crippen LogP contribution in [0.25, 0.3) is 0 Å². The summed E-state index contributed by atoms with van der Waals surface area (Å²) in [6, 6.07) is 0.931. The third kappa shape index (κ3) is 1.18. The highest BCUT2D eigenvalue weighted by Gasteiger charge is 2.34. The van der Waals surface area contributed by atoms with Crippen molar-refractivity contribution in [2.45, 2.75) is 31.4 Å². The predicted molar refractivity (Wildman–Crippen MR) is 40.0 cm³/mol. The summed E-state index contributed by atoms with van der Waals surface area (Å²) in [4.78, 5) is 2.56. The van der Waals surface area contributed by atoms with Crippen LogP contribution in [-0.4, -0.2) is 37.2 Å². The van der Waals surface area contributed by atoms with E-state index in [9.17, 15) is 0 Å². The van der Waals surface area contributed by atoms with E-state index in [2.05, 4.69) is 4.90 Å². The molecule has 1 saturated heterocycles. The lowest BCUT2D eigenvalue weighted by Crippen LogP contribution is -2.24. The van der Waals surface area contributed by atoms with Gasteiger partial charge in [-0.25, -0.2) is 0 Å². The van der Waals surface area contributed by atoms with E-state index in [-0.39, 0.29) is 0 Å². The maximum atomic E-state index is 5.28. The van der Waals surface area contributed by atoms with Crippen LogP contribution in [0.1, 0.15) is 19.3 Å². The Bertz CT molecular complexity index is 122. The molecule has 10 heavy (non-hydrogen) atoms. The smallest absolute Gasteiger partial charge is 0.0710 e. The van der Waals surface area contributed by atoms with E-state index >= 15 is 0 Å². The fourth-order valence-corrected chi connectivity index (χ4v) is 1.72. The van der Waals surface area contributed by atoms with Crippen molar-refractivity contribution < 1.29 is 4.74 Å². The molecule has 2 heteroatoms. The highest BCUT2D eigenvalue weighted by molar-refractivity contribution is 4.89. The summed E-state index contributed by atoms with van der Waals surface area (Å²) in [5.74, 6) is 0. The zero-order valence-electron chi connectivity index (χ0n) is 6.55. The van der Waals surface area contributed by atoms with E-state index in [0.29, 0.717) is 6.10 Å². The van der Waals surface area contributed by atoms with Crippen molar-refractivity contribution in [3.8, 4) is 0 Å². The van der Waals surface area contributed by atoms with Gasteiger partial charge in [0.2, 0.25) is 0 Å². The Morgan fingerprint density at radius 3 is 2.60 bits per heavy atom. The van der Waals surface area contributed by atoms with Gasteiger partial charge in [0, 0.05) is 26.2 Å². The van der Waals surface area contributed by atoms with Gasteiger partial charge in [-0.1, -0.05) is 0 Å². The van der Waals surface area contributed by atoms with E-state index in [0.717, 1.165) is 6.04 Å². The number of nitrogens with zero attached hydrogens (tertiary/aromatic N) is 1. The van der Waals surface area contributed by atoms with Crippen LogP contribution in [0.4, 0.5) is 0 Å². The van der Waals surface area contributed by atoms with Gasteiger partial charge in [-0.2, -0.15) is 0 Å². The fourth-order valence-electron chi connectivity index (χ4n) is 1.72. The Morgan fingerprint density at radius 1 is 1.30 bits per heavy atom. The number of methoxy groups -OCH3 is 1. The standard InChI is InChI=1S/C8H15NO/c1-10-8-4-5-9(6-8)7-2-3-7/h7-8H,2-6H2,1H3/t8-/m0/s1.